The maximum absolute atomic E-state index is 10.7. The molecular weight excluding hydrogens is 320 g/mol. The second kappa shape index (κ2) is 4.22. The smallest absolute Gasteiger partial charge is 0.303 e. The zero-order valence-corrected chi connectivity index (χ0v) is 10.9. The molecule has 1 aliphatic rings. The number of fused-ring (bicyclic) bond motifs is 1. The van der Waals surface area contributed by atoms with Crippen LogP contribution in [0.2, 0.25) is 5.02 Å². The Balaban J connectivity index is 2.42. The molecule has 0 unspecified atom stereocenters. The lowest BCUT2D eigenvalue weighted by Crippen LogP contribution is -2.01. The van der Waals surface area contributed by atoms with E-state index in [0.29, 0.717) is 20.7 Å². The molecule has 1 aromatic rings. The molecular formula is C8H6BrClNO4P. The van der Waals surface area contributed by atoms with Gasteiger partial charge in [-0.2, -0.15) is 0 Å². The first-order valence-corrected chi connectivity index (χ1v) is 6.84. The van der Waals surface area contributed by atoms with Gasteiger partial charge in [0.05, 0.1) is 10.7 Å². The van der Waals surface area contributed by atoms with Crippen molar-refractivity contribution in [2.24, 2.45) is 4.99 Å². The van der Waals surface area contributed by atoms with Crippen molar-refractivity contribution in [1.82, 2.24) is 0 Å². The van der Waals surface area contributed by atoms with Crippen LogP contribution in [0.15, 0.2) is 21.6 Å². The Morgan fingerprint density at radius 3 is 2.81 bits per heavy atom. The van der Waals surface area contributed by atoms with E-state index in [1.54, 1.807) is 12.1 Å². The lowest BCUT2D eigenvalue weighted by molar-refractivity contribution is 0.176. The number of nitrogens with zero attached hydrogens (tertiary/aromatic N) is 1. The van der Waals surface area contributed by atoms with E-state index in [2.05, 4.69) is 25.4 Å². The van der Waals surface area contributed by atoms with Crippen LogP contribution in [0.3, 0.4) is 0 Å². The van der Waals surface area contributed by atoms with Gasteiger partial charge in [0, 0.05) is 16.3 Å². The third-order valence-electron chi connectivity index (χ3n) is 1.99. The number of phosphoric ester groups is 1. The van der Waals surface area contributed by atoms with Crippen LogP contribution in [-0.2, 0) is 9.09 Å². The number of hydrogen-bond acceptors (Lipinski definition) is 3. The molecule has 0 amide bonds. The molecule has 0 aliphatic carbocycles. The molecule has 0 radical (unpaired) electrons. The lowest BCUT2D eigenvalue weighted by atomic mass is 10.1. The van der Waals surface area contributed by atoms with Crippen LogP contribution in [0.5, 0.6) is 0 Å². The van der Waals surface area contributed by atoms with Crippen LogP contribution >= 0.6 is 35.4 Å². The highest BCUT2D eigenvalue weighted by atomic mass is 79.9. The number of benzene rings is 1. The molecule has 1 heterocycles. The molecule has 0 aromatic heterocycles. The van der Waals surface area contributed by atoms with Gasteiger partial charge in [0.1, 0.15) is 6.10 Å². The van der Waals surface area contributed by atoms with Crippen molar-refractivity contribution >= 4 is 47.3 Å². The van der Waals surface area contributed by atoms with E-state index in [-0.39, 0.29) is 0 Å². The third-order valence-corrected chi connectivity index (χ3v) is 3.79. The quantitative estimate of drug-likeness (QED) is 0.819. The minimum Gasteiger partial charge on any atom is -0.303 e. The first-order chi connectivity index (χ1) is 7.38. The van der Waals surface area contributed by atoms with Crippen molar-refractivity contribution in [2.45, 2.75) is 6.10 Å². The van der Waals surface area contributed by atoms with E-state index in [0.717, 1.165) is 0 Å². The first-order valence-electron chi connectivity index (χ1n) is 4.14. The van der Waals surface area contributed by atoms with E-state index in [4.69, 9.17) is 21.4 Å². The molecule has 16 heavy (non-hydrogen) atoms. The summed E-state index contributed by atoms with van der Waals surface area (Å²) in [6.45, 7) is 0. The zero-order chi connectivity index (χ0) is 11.9. The summed E-state index contributed by atoms with van der Waals surface area (Å²) in [5, 5.41) is 0.341. The molecule has 2 N–H and O–H groups in total. The van der Waals surface area contributed by atoms with Gasteiger partial charge in [-0.25, -0.2) is 4.57 Å². The van der Waals surface area contributed by atoms with Gasteiger partial charge in [0.2, 0.25) is 0 Å². The number of halogens is 2. The van der Waals surface area contributed by atoms with Crippen LogP contribution in [0, 0.1) is 0 Å². The second-order valence-corrected chi connectivity index (χ2v) is 5.51. The van der Waals surface area contributed by atoms with Gasteiger partial charge >= 0.3 is 7.82 Å². The van der Waals surface area contributed by atoms with Crippen molar-refractivity contribution < 1.29 is 18.9 Å². The molecule has 1 atom stereocenters. The molecule has 5 nitrogen and oxygen atoms in total. The highest BCUT2D eigenvalue weighted by molar-refractivity contribution is 9.10. The van der Waals surface area contributed by atoms with Crippen LogP contribution < -0.4 is 0 Å². The normalized spacial score (nSPS) is 18.9. The van der Waals surface area contributed by atoms with Crippen molar-refractivity contribution in [3.05, 3.63) is 27.2 Å². The Morgan fingerprint density at radius 2 is 2.19 bits per heavy atom. The maximum atomic E-state index is 10.7. The minimum atomic E-state index is -4.57. The standard InChI is InChI=1S/C8H6BrClNO4P/c9-4-1-2-5-7(8(4)10)6(3-11-5)15-16(12,13)14/h1-3,6H,(H2,12,13,14)/t6-/m0/s1. The molecule has 0 bridgehead atoms. The van der Waals surface area contributed by atoms with Crippen molar-refractivity contribution in [1.29, 1.82) is 0 Å². The van der Waals surface area contributed by atoms with Gasteiger partial charge in [-0.1, -0.05) is 11.6 Å². The average molecular weight is 326 g/mol. The fourth-order valence-electron chi connectivity index (χ4n) is 1.39. The van der Waals surface area contributed by atoms with Crippen LogP contribution in [0.4, 0.5) is 5.69 Å². The SMILES string of the molecule is O=P(O)(O)O[C@H]1C=Nc2ccc(Br)c(Cl)c21. The summed E-state index contributed by atoms with van der Waals surface area (Å²) in [7, 11) is -4.57. The highest BCUT2D eigenvalue weighted by Crippen LogP contribution is 2.48. The molecule has 86 valence electrons. The van der Waals surface area contributed by atoms with E-state index < -0.39 is 13.9 Å². The predicted octanol–water partition coefficient (Wildman–Crippen LogP) is 2.97. The van der Waals surface area contributed by atoms with E-state index in [1.165, 1.54) is 6.21 Å². The van der Waals surface area contributed by atoms with Gasteiger partial charge in [-0.15, -0.1) is 0 Å². The first kappa shape index (κ1) is 12.2. The van der Waals surface area contributed by atoms with E-state index >= 15 is 0 Å². The predicted molar refractivity (Wildman–Crippen MR) is 63.2 cm³/mol. The van der Waals surface area contributed by atoms with Crippen molar-refractivity contribution in [2.75, 3.05) is 0 Å². The number of aliphatic imine (C=N–C) groups is 1. The lowest BCUT2D eigenvalue weighted by Gasteiger charge is -2.13. The summed E-state index contributed by atoms with van der Waals surface area (Å²) in [6, 6.07) is 3.39. The molecule has 1 aromatic carbocycles. The van der Waals surface area contributed by atoms with Gasteiger partial charge in [0.25, 0.3) is 0 Å². The summed E-state index contributed by atoms with van der Waals surface area (Å²) in [5.41, 5.74) is 1.01. The zero-order valence-electron chi connectivity index (χ0n) is 7.67. The van der Waals surface area contributed by atoms with Gasteiger partial charge < -0.3 is 9.79 Å². The van der Waals surface area contributed by atoms with E-state index in [1.807, 2.05) is 0 Å². The average Bonchev–Trinajstić information content (AvgIpc) is 2.53. The summed E-state index contributed by atoms with van der Waals surface area (Å²) < 4.78 is 15.9. The van der Waals surface area contributed by atoms with Crippen LogP contribution in [-0.4, -0.2) is 16.0 Å². The Kier molecular flexibility index (Phi) is 3.22. The molecule has 0 saturated heterocycles. The topological polar surface area (TPSA) is 79.1 Å². The largest absolute Gasteiger partial charge is 0.470 e. The van der Waals surface area contributed by atoms with Gasteiger partial charge in [-0.05, 0) is 28.1 Å². The molecule has 0 spiro atoms. The molecule has 0 fully saturated rings. The molecule has 2 rings (SSSR count). The Labute approximate surface area is 104 Å². The maximum Gasteiger partial charge on any atom is 0.470 e. The Morgan fingerprint density at radius 1 is 1.50 bits per heavy atom. The number of hydrogen-bond donors (Lipinski definition) is 2. The summed E-state index contributed by atoms with van der Waals surface area (Å²) in [5.74, 6) is 0. The minimum absolute atomic E-state index is 0.341. The van der Waals surface area contributed by atoms with Crippen molar-refractivity contribution in [3.8, 4) is 0 Å². The van der Waals surface area contributed by atoms with Gasteiger partial charge in [0.15, 0.2) is 0 Å². The number of rotatable bonds is 2. The second-order valence-electron chi connectivity index (χ2n) is 3.09. The van der Waals surface area contributed by atoms with Crippen molar-refractivity contribution in [3.63, 3.8) is 0 Å². The van der Waals surface area contributed by atoms with E-state index in [9.17, 15) is 4.57 Å². The van der Waals surface area contributed by atoms with Crippen LogP contribution in [0.1, 0.15) is 11.7 Å². The highest BCUT2D eigenvalue weighted by Gasteiger charge is 2.30. The van der Waals surface area contributed by atoms with Crippen LogP contribution in [0.25, 0.3) is 0 Å². The fraction of sp³-hybridized carbons (Fsp3) is 0.125. The van der Waals surface area contributed by atoms with Gasteiger partial charge in [-0.3, -0.25) is 9.52 Å². The number of phosphoric acid groups is 1. The molecule has 1 aliphatic heterocycles. The monoisotopic (exact) mass is 325 g/mol. The summed E-state index contributed by atoms with van der Waals surface area (Å²) >= 11 is 9.22. The molecule has 0 saturated carbocycles. The third kappa shape index (κ3) is 2.37. The Bertz CT molecular complexity index is 515. The summed E-state index contributed by atoms with van der Waals surface area (Å²) in [4.78, 5) is 21.4. The Hall–Kier alpha value is -0.230. The summed E-state index contributed by atoms with van der Waals surface area (Å²) in [6.07, 6.45) is 0.392. The fourth-order valence-corrected chi connectivity index (χ4v) is 2.46. The molecule has 8 heteroatoms.